The Balaban J connectivity index is 2.20. The van der Waals surface area contributed by atoms with Crippen molar-refractivity contribution in [1.82, 2.24) is 0 Å². The molecule has 6 heteroatoms. The largest absolute Gasteiger partial charge is 0.443 e. The molecule has 0 aliphatic rings. The van der Waals surface area contributed by atoms with Gasteiger partial charge in [0.05, 0.1) is 0 Å². The Morgan fingerprint density at radius 1 is 0.935 bits per heavy atom. The lowest BCUT2D eigenvalue weighted by Crippen LogP contribution is -2.42. The van der Waals surface area contributed by atoms with Crippen LogP contribution in [0.3, 0.4) is 0 Å². The van der Waals surface area contributed by atoms with Gasteiger partial charge >= 0.3 is 5.97 Å². The summed E-state index contributed by atoms with van der Waals surface area (Å²) in [4.78, 5) is 24.3. The van der Waals surface area contributed by atoms with Crippen LogP contribution < -0.4 is 11.5 Å². The van der Waals surface area contributed by atoms with E-state index in [2.05, 4.69) is 0 Å². The molecule has 5 nitrogen and oxygen atoms in total. The van der Waals surface area contributed by atoms with Crippen LogP contribution in [0.25, 0.3) is 0 Å². The van der Waals surface area contributed by atoms with E-state index in [1.165, 1.54) is 0 Å². The summed E-state index contributed by atoms with van der Waals surface area (Å²) in [6.07, 6.45) is 0.0840. The summed E-state index contributed by atoms with van der Waals surface area (Å²) in [5.74, 6) is -1.17. The van der Waals surface area contributed by atoms with Crippen LogP contribution in [0.2, 0.25) is 5.02 Å². The normalized spacial score (nSPS) is 13.8. The molecule has 0 fully saturated rings. The Bertz CT molecular complexity index is 1050. The molecule has 31 heavy (non-hydrogen) atoms. The number of amides is 1. The summed E-state index contributed by atoms with van der Waals surface area (Å²) in [6.45, 7) is 1.98. The van der Waals surface area contributed by atoms with E-state index >= 15 is 0 Å². The first-order valence-corrected chi connectivity index (χ1v) is 10.4. The highest BCUT2D eigenvalue weighted by Gasteiger charge is 2.42. The van der Waals surface area contributed by atoms with Crippen molar-refractivity contribution in [2.45, 2.75) is 31.4 Å². The van der Waals surface area contributed by atoms with E-state index in [4.69, 9.17) is 27.8 Å². The average Bonchev–Trinajstić information content (AvgIpc) is 2.77. The van der Waals surface area contributed by atoms with Crippen LogP contribution >= 0.6 is 11.6 Å². The quantitative estimate of drug-likeness (QED) is 0.411. The van der Waals surface area contributed by atoms with Gasteiger partial charge in [-0.3, -0.25) is 9.59 Å². The molecule has 0 bridgehead atoms. The molecule has 0 radical (unpaired) electrons. The number of hydrogen-bond donors (Lipinski definition) is 2. The molecule has 0 saturated heterocycles. The molecule has 3 aromatic rings. The van der Waals surface area contributed by atoms with Crippen LogP contribution in [0.1, 0.15) is 35.1 Å². The van der Waals surface area contributed by atoms with E-state index in [1.54, 1.807) is 6.07 Å². The summed E-state index contributed by atoms with van der Waals surface area (Å²) < 4.78 is 6.21. The van der Waals surface area contributed by atoms with Gasteiger partial charge in [0.25, 0.3) is 0 Å². The molecule has 2 atom stereocenters. The summed E-state index contributed by atoms with van der Waals surface area (Å²) in [5, 5.41) is 0.449. The third-order valence-corrected chi connectivity index (χ3v) is 5.48. The smallest absolute Gasteiger partial charge is 0.324 e. The molecule has 0 spiro atoms. The molecule has 0 aliphatic carbocycles. The summed E-state index contributed by atoms with van der Waals surface area (Å²) in [5.41, 5.74) is 13.1. The number of esters is 1. The first kappa shape index (κ1) is 22.5. The first-order valence-electron chi connectivity index (χ1n) is 9.99. The lowest BCUT2D eigenvalue weighted by Gasteiger charge is -2.36. The molecule has 0 heterocycles. The second-order valence-electron chi connectivity index (χ2n) is 7.43. The standard InChI is InChI=1S/C25H25ClN2O3/c1-17-11-13-19(14-12-17)25(18-7-3-2-4-8-18,20-9-5-6-10-21(20)26)31-24(30)22(27)15-16-23(28)29/h2-14,22H,15-16,27H2,1H3,(H2,28,29)/t22-,25?/m0/s1. The maximum atomic E-state index is 13.1. The number of carbonyl (C=O) groups is 2. The molecule has 1 unspecified atom stereocenters. The number of carbonyl (C=O) groups excluding carboxylic acids is 2. The maximum absolute atomic E-state index is 13.1. The van der Waals surface area contributed by atoms with Gasteiger partial charge in [0.2, 0.25) is 5.91 Å². The van der Waals surface area contributed by atoms with Crippen molar-refractivity contribution in [2.75, 3.05) is 0 Å². The predicted octanol–water partition coefficient (Wildman–Crippen LogP) is 4.08. The van der Waals surface area contributed by atoms with Gasteiger partial charge in [-0.1, -0.05) is 90.0 Å². The van der Waals surface area contributed by atoms with Crippen molar-refractivity contribution in [3.8, 4) is 0 Å². The molecular weight excluding hydrogens is 412 g/mol. The zero-order valence-electron chi connectivity index (χ0n) is 17.3. The van der Waals surface area contributed by atoms with E-state index in [-0.39, 0.29) is 12.8 Å². The number of primary amides is 1. The van der Waals surface area contributed by atoms with E-state index in [1.807, 2.05) is 79.7 Å². The highest BCUT2D eigenvalue weighted by molar-refractivity contribution is 6.31. The van der Waals surface area contributed by atoms with Crippen LogP contribution in [-0.4, -0.2) is 17.9 Å². The number of halogens is 1. The summed E-state index contributed by atoms with van der Waals surface area (Å²) in [6, 6.07) is 23.3. The van der Waals surface area contributed by atoms with Gasteiger partial charge in [0.15, 0.2) is 5.60 Å². The van der Waals surface area contributed by atoms with Crippen LogP contribution in [0.15, 0.2) is 78.9 Å². The molecule has 0 aromatic heterocycles. The minimum Gasteiger partial charge on any atom is -0.443 e. The van der Waals surface area contributed by atoms with E-state index in [0.29, 0.717) is 10.6 Å². The zero-order valence-corrected chi connectivity index (χ0v) is 18.0. The second kappa shape index (κ2) is 9.77. The third kappa shape index (κ3) is 4.95. The van der Waals surface area contributed by atoms with Gasteiger partial charge in [-0.25, -0.2) is 0 Å². The third-order valence-electron chi connectivity index (χ3n) is 5.15. The van der Waals surface area contributed by atoms with Gasteiger partial charge < -0.3 is 16.2 Å². The monoisotopic (exact) mass is 436 g/mol. The zero-order chi connectivity index (χ0) is 22.4. The van der Waals surface area contributed by atoms with Gasteiger partial charge in [-0.05, 0) is 19.4 Å². The molecule has 3 rings (SSSR count). The molecule has 3 aromatic carbocycles. The summed E-state index contributed by atoms with van der Waals surface area (Å²) in [7, 11) is 0. The van der Waals surface area contributed by atoms with Gasteiger partial charge in [-0.2, -0.15) is 0 Å². The highest BCUT2D eigenvalue weighted by atomic mass is 35.5. The van der Waals surface area contributed by atoms with E-state index in [9.17, 15) is 9.59 Å². The Labute approximate surface area is 187 Å². The lowest BCUT2D eigenvalue weighted by atomic mass is 9.79. The lowest BCUT2D eigenvalue weighted by molar-refractivity contribution is -0.155. The Kier molecular flexibility index (Phi) is 7.10. The fourth-order valence-corrected chi connectivity index (χ4v) is 3.77. The average molecular weight is 437 g/mol. The predicted molar refractivity (Wildman–Crippen MR) is 121 cm³/mol. The van der Waals surface area contributed by atoms with Crippen molar-refractivity contribution in [2.24, 2.45) is 11.5 Å². The minimum absolute atomic E-state index is 0.00870. The van der Waals surface area contributed by atoms with Crippen molar-refractivity contribution in [3.63, 3.8) is 0 Å². The summed E-state index contributed by atoms with van der Waals surface area (Å²) >= 11 is 6.62. The fourth-order valence-electron chi connectivity index (χ4n) is 3.50. The SMILES string of the molecule is Cc1ccc(C(OC(=O)[C@@H](N)CCC(N)=O)(c2ccccc2)c2ccccc2Cl)cc1. The van der Waals surface area contributed by atoms with E-state index in [0.717, 1.165) is 16.7 Å². The fraction of sp³-hybridized carbons (Fsp3) is 0.200. The number of hydrogen-bond acceptors (Lipinski definition) is 4. The second-order valence-corrected chi connectivity index (χ2v) is 7.83. The molecule has 160 valence electrons. The van der Waals surface area contributed by atoms with Crippen LogP contribution in [0.5, 0.6) is 0 Å². The Morgan fingerprint density at radius 3 is 2.13 bits per heavy atom. The Morgan fingerprint density at radius 2 is 1.52 bits per heavy atom. The van der Waals surface area contributed by atoms with Gasteiger partial charge in [-0.15, -0.1) is 0 Å². The molecule has 0 saturated carbocycles. The van der Waals surface area contributed by atoms with Gasteiger partial charge in [0, 0.05) is 28.1 Å². The van der Waals surface area contributed by atoms with E-state index < -0.39 is 23.5 Å². The number of rotatable bonds is 8. The molecular formula is C25H25ClN2O3. The van der Waals surface area contributed by atoms with Gasteiger partial charge in [0.1, 0.15) is 6.04 Å². The highest BCUT2D eigenvalue weighted by Crippen LogP contribution is 2.43. The molecule has 4 N–H and O–H groups in total. The van der Waals surface area contributed by atoms with Crippen molar-refractivity contribution >= 4 is 23.5 Å². The Hall–Kier alpha value is -3.15. The van der Waals surface area contributed by atoms with Crippen molar-refractivity contribution < 1.29 is 14.3 Å². The number of aryl methyl sites for hydroxylation is 1. The topological polar surface area (TPSA) is 95.4 Å². The van der Waals surface area contributed by atoms with Crippen molar-refractivity contribution in [1.29, 1.82) is 0 Å². The van der Waals surface area contributed by atoms with Crippen LogP contribution in [0.4, 0.5) is 0 Å². The first-order chi connectivity index (χ1) is 14.8. The minimum atomic E-state index is -1.32. The maximum Gasteiger partial charge on any atom is 0.324 e. The molecule has 1 amide bonds. The van der Waals surface area contributed by atoms with Crippen LogP contribution in [-0.2, 0) is 19.9 Å². The van der Waals surface area contributed by atoms with Crippen LogP contribution in [0, 0.1) is 6.92 Å². The van der Waals surface area contributed by atoms with Crippen molar-refractivity contribution in [3.05, 3.63) is 106 Å². The number of nitrogens with two attached hydrogens (primary N) is 2. The molecule has 0 aliphatic heterocycles. The number of ether oxygens (including phenoxy) is 1. The number of benzene rings is 3.